The van der Waals surface area contributed by atoms with E-state index < -0.39 is 10.3 Å². The number of benzene rings is 1. The van der Waals surface area contributed by atoms with Gasteiger partial charge in [0.05, 0.1) is 6.26 Å². The standard InChI is InChI=1S/C19H16N5O2/c1-19(25,14-6-3-2-4-7-14)10-9-15-13-24(20)17(12-21-15)22-18(23-24)16-8-5-11-26-16/h2-8,11-13,25H,20H2,1H3/q+1. The molecule has 2 aromatic rings. The van der Waals surface area contributed by atoms with E-state index in [2.05, 4.69) is 26.9 Å². The van der Waals surface area contributed by atoms with Crippen LogP contribution in [0, 0.1) is 11.8 Å². The van der Waals surface area contributed by atoms with Gasteiger partial charge in [0.1, 0.15) is 11.8 Å². The number of nitrogens with two attached hydrogens (primary N) is 1. The molecule has 2 atom stereocenters. The molecule has 0 saturated heterocycles. The minimum atomic E-state index is -1.31. The number of fused-ring (bicyclic) bond motifs is 1. The lowest BCUT2D eigenvalue weighted by Gasteiger charge is -2.19. The van der Waals surface area contributed by atoms with E-state index in [4.69, 9.17) is 10.3 Å². The van der Waals surface area contributed by atoms with Gasteiger partial charge in [-0.05, 0) is 40.3 Å². The van der Waals surface area contributed by atoms with Crippen molar-refractivity contribution in [1.82, 2.24) is 0 Å². The summed E-state index contributed by atoms with van der Waals surface area (Å²) in [5, 5.41) is 15.0. The van der Waals surface area contributed by atoms with Gasteiger partial charge in [0, 0.05) is 0 Å². The number of nitrogens with zero attached hydrogens (tertiary/aromatic N) is 4. The first-order chi connectivity index (χ1) is 12.5. The van der Waals surface area contributed by atoms with Gasteiger partial charge in [-0.3, -0.25) is 0 Å². The molecule has 0 aliphatic carbocycles. The molecule has 4 rings (SSSR count). The number of allylic oxidation sites excluding steroid dienone is 1. The highest BCUT2D eigenvalue weighted by molar-refractivity contribution is 6.31. The fraction of sp³-hybridized carbons (Fsp3) is 0.105. The minimum Gasteiger partial charge on any atom is -0.461 e. The fourth-order valence-electron chi connectivity index (χ4n) is 2.58. The molecule has 7 heteroatoms. The first-order valence-corrected chi connectivity index (χ1v) is 7.95. The number of furan rings is 1. The van der Waals surface area contributed by atoms with Gasteiger partial charge >= 0.3 is 0 Å². The summed E-state index contributed by atoms with van der Waals surface area (Å²) in [6.07, 6.45) is 4.63. The van der Waals surface area contributed by atoms with E-state index in [9.17, 15) is 5.11 Å². The summed E-state index contributed by atoms with van der Waals surface area (Å²) in [6.45, 7) is 1.63. The number of amidine groups is 2. The number of aliphatic imine (C=N–C) groups is 2. The largest absolute Gasteiger partial charge is 0.461 e. The lowest BCUT2D eigenvalue weighted by atomic mass is 9.97. The zero-order valence-corrected chi connectivity index (χ0v) is 14.0. The highest BCUT2D eigenvalue weighted by Gasteiger charge is 2.39. The summed E-state index contributed by atoms with van der Waals surface area (Å²) in [4.78, 5) is 8.59. The molecular weight excluding hydrogens is 330 g/mol. The number of hydrogen-bond donors (Lipinski definition) is 2. The molecule has 0 spiro atoms. The zero-order valence-electron chi connectivity index (χ0n) is 14.0. The molecule has 1 aromatic heterocycles. The molecule has 2 aliphatic rings. The lowest BCUT2D eigenvalue weighted by Crippen LogP contribution is -2.50. The quantitative estimate of drug-likeness (QED) is 0.494. The number of aliphatic hydroxyl groups is 1. The summed E-state index contributed by atoms with van der Waals surface area (Å²) in [7, 11) is 0. The Morgan fingerprint density at radius 3 is 2.73 bits per heavy atom. The summed E-state index contributed by atoms with van der Waals surface area (Å²) in [5.41, 5.74) is -0.211. The summed E-state index contributed by atoms with van der Waals surface area (Å²) in [5.74, 6) is 13.4. The van der Waals surface area contributed by atoms with Crippen LogP contribution in [0.15, 0.2) is 80.1 Å². The van der Waals surface area contributed by atoms with Crippen molar-refractivity contribution in [3.63, 3.8) is 0 Å². The number of rotatable bonds is 2. The van der Waals surface area contributed by atoms with Gasteiger partial charge in [-0.2, -0.15) is 4.99 Å². The third kappa shape index (κ3) is 2.89. The van der Waals surface area contributed by atoms with E-state index in [0.29, 0.717) is 28.7 Å². The Kier molecular flexibility index (Phi) is 3.67. The molecule has 3 N–H and O–H groups in total. The molecule has 2 aliphatic heterocycles. The zero-order chi connectivity index (χ0) is 18.2. The predicted molar refractivity (Wildman–Crippen MR) is 97.5 cm³/mol. The molecule has 0 fully saturated rings. The Morgan fingerprint density at radius 1 is 1.19 bits per heavy atom. The Bertz CT molecular complexity index is 1020. The van der Waals surface area contributed by atoms with Gasteiger partial charge in [-0.25, -0.2) is 4.99 Å². The van der Waals surface area contributed by atoms with E-state index in [1.807, 2.05) is 30.3 Å². The van der Waals surface area contributed by atoms with Crippen molar-refractivity contribution < 1.29 is 14.2 Å². The average molecular weight is 346 g/mol. The van der Waals surface area contributed by atoms with Crippen LogP contribution in [0.3, 0.4) is 0 Å². The molecule has 0 bridgehead atoms. The van der Waals surface area contributed by atoms with Gasteiger partial charge in [-0.15, -0.1) is 5.84 Å². The second-order valence-electron chi connectivity index (χ2n) is 6.07. The summed E-state index contributed by atoms with van der Waals surface area (Å²) in [6, 6.07) is 12.7. The van der Waals surface area contributed by atoms with Crippen LogP contribution in [0.4, 0.5) is 0 Å². The van der Waals surface area contributed by atoms with Crippen molar-refractivity contribution in [2.45, 2.75) is 12.5 Å². The molecule has 7 nitrogen and oxygen atoms in total. The second kappa shape index (κ2) is 5.89. The highest BCUT2D eigenvalue weighted by Crippen LogP contribution is 2.22. The van der Waals surface area contributed by atoms with Gasteiger partial charge in [0.2, 0.25) is 0 Å². The van der Waals surface area contributed by atoms with Crippen molar-refractivity contribution in [2.75, 3.05) is 0 Å². The molecular formula is C19H16N5O2+. The van der Waals surface area contributed by atoms with Gasteiger partial charge < -0.3 is 9.52 Å². The van der Waals surface area contributed by atoms with E-state index in [0.717, 1.165) is 0 Å². The van der Waals surface area contributed by atoms with E-state index in [-0.39, 0.29) is 0 Å². The SMILES string of the molecule is CC(O)(C#CC1=C[N+]2(N)N=C(c3ccco3)N=C2C=N1)c1ccccc1. The van der Waals surface area contributed by atoms with Crippen molar-refractivity contribution in [1.29, 1.82) is 0 Å². The van der Waals surface area contributed by atoms with E-state index >= 15 is 0 Å². The maximum absolute atomic E-state index is 10.6. The normalized spacial score (nSPS) is 23.1. The Hall–Kier alpha value is -3.31. The Labute approximate surface area is 150 Å². The fourth-order valence-corrected chi connectivity index (χ4v) is 2.58. The third-order valence-corrected chi connectivity index (χ3v) is 4.00. The highest BCUT2D eigenvalue weighted by atomic mass is 16.3. The molecule has 26 heavy (non-hydrogen) atoms. The van der Waals surface area contributed by atoms with Gasteiger partial charge in [0.25, 0.3) is 11.7 Å². The molecule has 3 heterocycles. The van der Waals surface area contributed by atoms with Crippen LogP contribution in [0.1, 0.15) is 18.2 Å². The van der Waals surface area contributed by atoms with Crippen molar-refractivity contribution in [3.05, 3.63) is 71.9 Å². The lowest BCUT2D eigenvalue weighted by molar-refractivity contribution is -0.803. The molecule has 128 valence electrons. The molecule has 0 saturated carbocycles. The smallest absolute Gasteiger partial charge is 0.300 e. The maximum atomic E-state index is 10.6. The van der Waals surface area contributed by atoms with Crippen LogP contribution >= 0.6 is 0 Å². The number of hydrogen-bond acceptors (Lipinski definition) is 6. The predicted octanol–water partition coefficient (Wildman–Crippen LogP) is 1.88. The van der Waals surface area contributed by atoms with Crippen LogP contribution in [0.2, 0.25) is 0 Å². The van der Waals surface area contributed by atoms with Crippen LogP contribution in [0.25, 0.3) is 0 Å². The minimum absolute atomic E-state index is 0.390. The average Bonchev–Trinajstić information content (AvgIpc) is 3.27. The van der Waals surface area contributed by atoms with Crippen molar-refractivity contribution in [3.8, 4) is 11.8 Å². The Morgan fingerprint density at radius 2 is 2.00 bits per heavy atom. The van der Waals surface area contributed by atoms with E-state index in [1.165, 1.54) is 6.21 Å². The maximum Gasteiger partial charge on any atom is 0.300 e. The first kappa shape index (κ1) is 16.2. The monoisotopic (exact) mass is 346 g/mol. The number of quaternary nitrogens is 1. The topological polar surface area (TPSA) is 96.5 Å². The molecule has 2 unspecified atom stereocenters. The van der Waals surface area contributed by atoms with Gasteiger partial charge in [0.15, 0.2) is 17.7 Å². The van der Waals surface area contributed by atoms with Gasteiger partial charge in [-0.1, -0.05) is 36.3 Å². The van der Waals surface area contributed by atoms with Crippen molar-refractivity contribution in [2.24, 2.45) is 20.9 Å². The molecule has 0 amide bonds. The third-order valence-electron chi connectivity index (χ3n) is 4.00. The van der Waals surface area contributed by atoms with E-state index in [1.54, 1.807) is 31.5 Å². The van der Waals surface area contributed by atoms with Crippen LogP contribution in [0.5, 0.6) is 0 Å². The summed E-state index contributed by atoms with van der Waals surface area (Å²) >= 11 is 0. The van der Waals surface area contributed by atoms with Crippen molar-refractivity contribution >= 4 is 17.9 Å². The van der Waals surface area contributed by atoms with Crippen LogP contribution < -0.4 is 5.84 Å². The van der Waals surface area contributed by atoms with Crippen LogP contribution in [-0.4, -0.2) is 27.7 Å². The molecule has 1 aromatic carbocycles. The summed E-state index contributed by atoms with van der Waals surface area (Å²) < 4.78 is 4.92. The second-order valence-corrected chi connectivity index (χ2v) is 6.07. The molecule has 0 radical (unpaired) electrons. The van der Waals surface area contributed by atoms with Crippen LogP contribution in [-0.2, 0) is 5.60 Å². The Balaban J connectivity index is 1.64. The first-order valence-electron chi connectivity index (χ1n) is 7.95.